The zero-order valence-electron chi connectivity index (χ0n) is 12.6. The highest BCUT2D eigenvalue weighted by Crippen LogP contribution is 2.06. The second-order valence-electron chi connectivity index (χ2n) is 4.43. The van der Waals surface area contributed by atoms with E-state index >= 15 is 0 Å². The van der Waals surface area contributed by atoms with Crippen molar-refractivity contribution in [1.29, 1.82) is 0 Å². The van der Waals surface area contributed by atoms with E-state index in [4.69, 9.17) is 9.47 Å². The van der Waals surface area contributed by atoms with Crippen LogP contribution in [0, 0.1) is 0 Å². The summed E-state index contributed by atoms with van der Waals surface area (Å²) in [6.45, 7) is 3.39. The number of hydrogen-bond donors (Lipinski definition) is 0. The molecule has 0 aromatic carbocycles. The molecule has 0 saturated carbocycles. The van der Waals surface area contributed by atoms with Crippen molar-refractivity contribution >= 4 is 11.9 Å². The van der Waals surface area contributed by atoms with E-state index in [9.17, 15) is 9.59 Å². The summed E-state index contributed by atoms with van der Waals surface area (Å²) in [6, 6.07) is 5.56. The Morgan fingerprint density at radius 1 is 1.29 bits per heavy atom. The molecular weight excluding hydrogens is 272 g/mol. The summed E-state index contributed by atoms with van der Waals surface area (Å²) < 4.78 is 9.84. The van der Waals surface area contributed by atoms with Crippen LogP contribution in [0.1, 0.15) is 25.5 Å². The molecule has 6 nitrogen and oxygen atoms in total. The number of hydrogen-bond acceptors (Lipinski definition) is 5. The van der Waals surface area contributed by atoms with Gasteiger partial charge >= 0.3 is 5.97 Å². The summed E-state index contributed by atoms with van der Waals surface area (Å²) in [7, 11) is 1.59. The van der Waals surface area contributed by atoms with Crippen LogP contribution in [0.2, 0.25) is 0 Å². The predicted octanol–water partition coefficient (Wildman–Crippen LogP) is 1.40. The number of ether oxygens (including phenoxy) is 2. The Kier molecular flexibility index (Phi) is 8.04. The van der Waals surface area contributed by atoms with E-state index < -0.39 is 0 Å². The van der Waals surface area contributed by atoms with Crippen LogP contribution in [-0.2, 0) is 25.6 Å². The normalized spacial score (nSPS) is 10.2. The molecule has 0 radical (unpaired) electrons. The summed E-state index contributed by atoms with van der Waals surface area (Å²) >= 11 is 0. The molecule has 1 aromatic rings. The highest BCUT2D eigenvalue weighted by Gasteiger charge is 2.16. The fourth-order valence-electron chi connectivity index (χ4n) is 1.78. The molecule has 6 heteroatoms. The van der Waals surface area contributed by atoms with Crippen molar-refractivity contribution in [1.82, 2.24) is 9.88 Å². The van der Waals surface area contributed by atoms with Crippen molar-refractivity contribution in [2.24, 2.45) is 0 Å². The fourth-order valence-corrected chi connectivity index (χ4v) is 1.78. The summed E-state index contributed by atoms with van der Waals surface area (Å²) in [5.41, 5.74) is 0.804. The maximum absolute atomic E-state index is 12.2. The van der Waals surface area contributed by atoms with Gasteiger partial charge in [-0.25, -0.2) is 0 Å². The average molecular weight is 294 g/mol. The minimum absolute atomic E-state index is 0.0956. The van der Waals surface area contributed by atoms with Crippen molar-refractivity contribution in [2.45, 2.75) is 26.3 Å². The van der Waals surface area contributed by atoms with E-state index in [0.717, 1.165) is 5.69 Å². The Morgan fingerprint density at radius 2 is 2.10 bits per heavy atom. The summed E-state index contributed by atoms with van der Waals surface area (Å²) in [5, 5.41) is 0. The number of amides is 1. The van der Waals surface area contributed by atoms with Gasteiger partial charge in [-0.3, -0.25) is 14.6 Å². The average Bonchev–Trinajstić information content (AvgIpc) is 2.50. The van der Waals surface area contributed by atoms with E-state index in [-0.39, 0.29) is 24.7 Å². The number of methoxy groups -OCH3 is 1. The lowest BCUT2D eigenvalue weighted by molar-refractivity contribution is -0.146. The number of carbonyl (C=O) groups is 2. The monoisotopic (exact) mass is 294 g/mol. The lowest BCUT2D eigenvalue weighted by Gasteiger charge is -2.22. The van der Waals surface area contributed by atoms with E-state index in [2.05, 4.69) is 4.98 Å². The molecule has 0 fully saturated rings. The molecule has 116 valence electrons. The largest absolute Gasteiger partial charge is 0.466 e. The van der Waals surface area contributed by atoms with Crippen molar-refractivity contribution in [2.75, 3.05) is 26.9 Å². The molecule has 0 N–H and O–H groups in total. The minimum Gasteiger partial charge on any atom is -0.466 e. The van der Waals surface area contributed by atoms with Gasteiger partial charge in [0.15, 0.2) is 0 Å². The third-order valence-corrected chi connectivity index (χ3v) is 2.85. The van der Waals surface area contributed by atoms with Gasteiger partial charge in [-0.1, -0.05) is 6.07 Å². The highest BCUT2D eigenvalue weighted by molar-refractivity contribution is 5.81. The summed E-state index contributed by atoms with van der Waals surface area (Å²) in [4.78, 5) is 29.4. The van der Waals surface area contributed by atoms with E-state index in [1.807, 2.05) is 18.2 Å². The Balaban J connectivity index is 2.55. The second-order valence-corrected chi connectivity index (χ2v) is 4.43. The van der Waals surface area contributed by atoms with Crippen LogP contribution in [-0.4, -0.2) is 48.6 Å². The molecule has 0 aliphatic heterocycles. The second kappa shape index (κ2) is 9.88. The van der Waals surface area contributed by atoms with Gasteiger partial charge in [-0.15, -0.1) is 0 Å². The van der Waals surface area contributed by atoms with Gasteiger partial charge in [-0.2, -0.15) is 0 Å². The van der Waals surface area contributed by atoms with Crippen LogP contribution < -0.4 is 0 Å². The van der Waals surface area contributed by atoms with Crippen molar-refractivity contribution in [3.63, 3.8) is 0 Å². The Morgan fingerprint density at radius 3 is 2.71 bits per heavy atom. The van der Waals surface area contributed by atoms with Gasteiger partial charge in [0.25, 0.3) is 0 Å². The minimum atomic E-state index is -0.352. The molecule has 1 aromatic heterocycles. The van der Waals surface area contributed by atoms with Crippen molar-refractivity contribution in [3.05, 3.63) is 30.1 Å². The fraction of sp³-hybridized carbons (Fsp3) is 0.533. The SMILES string of the molecule is CCOC(=O)CCC(=O)N(CCOC)Cc1ccccn1. The number of nitrogens with zero attached hydrogens (tertiary/aromatic N) is 2. The summed E-state index contributed by atoms with van der Waals surface area (Å²) in [5.74, 6) is -0.457. The molecule has 0 spiro atoms. The molecule has 0 saturated heterocycles. The first-order valence-corrected chi connectivity index (χ1v) is 6.99. The number of pyridine rings is 1. The highest BCUT2D eigenvalue weighted by atomic mass is 16.5. The maximum atomic E-state index is 12.2. The summed E-state index contributed by atoms with van der Waals surface area (Å²) in [6.07, 6.45) is 1.92. The van der Waals surface area contributed by atoms with Crippen LogP contribution in [0.15, 0.2) is 24.4 Å². The number of esters is 1. The molecule has 1 heterocycles. The molecule has 0 bridgehead atoms. The molecule has 1 rings (SSSR count). The zero-order valence-corrected chi connectivity index (χ0v) is 12.6. The van der Waals surface area contributed by atoms with Gasteiger partial charge in [0.2, 0.25) is 5.91 Å². The maximum Gasteiger partial charge on any atom is 0.306 e. The number of carbonyl (C=O) groups excluding carboxylic acids is 2. The van der Waals surface area contributed by atoms with Crippen molar-refractivity contribution in [3.8, 4) is 0 Å². The first-order valence-electron chi connectivity index (χ1n) is 6.99. The standard InChI is InChI=1S/C15H22N2O4/c1-3-21-15(19)8-7-14(18)17(10-11-20-2)12-13-6-4-5-9-16-13/h4-6,9H,3,7-8,10-12H2,1-2H3. The topological polar surface area (TPSA) is 68.7 Å². The molecule has 1 amide bonds. The molecule has 0 atom stereocenters. The number of aromatic nitrogens is 1. The van der Waals surface area contributed by atoms with Gasteiger partial charge in [0.1, 0.15) is 0 Å². The molecular formula is C15H22N2O4. The van der Waals surface area contributed by atoms with Gasteiger partial charge in [-0.05, 0) is 19.1 Å². The van der Waals surface area contributed by atoms with Crippen LogP contribution in [0.25, 0.3) is 0 Å². The number of rotatable bonds is 9. The third-order valence-electron chi connectivity index (χ3n) is 2.85. The van der Waals surface area contributed by atoms with Gasteiger partial charge in [0.05, 0.1) is 31.9 Å². The molecule has 0 aliphatic carbocycles. The third kappa shape index (κ3) is 6.85. The molecule has 0 aliphatic rings. The molecule has 0 unspecified atom stereocenters. The van der Waals surface area contributed by atoms with E-state index in [1.54, 1.807) is 25.1 Å². The Bertz CT molecular complexity index is 437. The van der Waals surface area contributed by atoms with E-state index in [1.165, 1.54) is 0 Å². The first kappa shape index (κ1) is 17.1. The van der Waals surface area contributed by atoms with Crippen molar-refractivity contribution < 1.29 is 19.1 Å². The Labute approximate surface area is 125 Å². The van der Waals surface area contributed by atoms with Crippen LogP contribution in [0.4, 0.5) is 0 Å². The van der Waals surface area contributed by atoms with Gasteiger partial charge in [0, 0.05) is 26.3 Å². The Hall–Kier alpha value is -1.95. The lowest BCUT2D eigenvalue weighted by atomic mass is 10.2. The van der Waals surface area contributed by atoms with Gasteiger partial charge < -0.3 is 14.4 Å². The van der Waals surface area contributed by atoms with Crippen LogP contribution >= 0.6 is 0 Å². The quantitative estimate of drug-likeness (QED) is 0.644. The molecule has 21 heavy (non-hydrogen) atoms. The van der Waals surface area contributed by atoms with Crippen LogP contribution in [0.3, 0.4) is 0 Å². The smallest absolute Gasteiger partial charge is 0.306 e. The lowest BCUT2D eigenvalue weighted by Crippen LogP contribution is -2.34. The first-order chi connectivity index (χ1) is 10.2. The zero-order chi connectivity index (χ0) is 15.5. The van der Waals surface area contributed by atoms with Crippen LogP contribution in [0.5, 0.6) is 0 Å². The van der Waals surface area contributed by atoms with E-state index in [0.29, 0.717) is 26.3 Å². The predicted molar refractivity (Wildman–Crippen MR) is 77.4 cm³/mol.